The summed E-state index contributed by atoms with van der Waals surface area (Å²) in [6.07, 6.45) is 3.42. The second kappa shape index (κ2) is 6.86. The fourth-order valence-electron chi connectivity index (χ4n) is 4.39. The fraction of sp³-hybridized carbons (Fsp3) is 0.571. The van der Waals surface area contributed by atoms with Crippen molar-refractivity contribution in [2.45, 2.75) is 59.7 Å². The van der Waals surface area contributed by atoms with Gasteiger partial charge in [0.1, 0.15) is 12.2 Å². The third kappa shape index (κ3) is 3.04. The van der Waals surface area contributed by atoms with Gasteiger partial charge in [-0.25, -0.2) is 4.79 Å². The van der Waals surface area contributed by atoms with E-state index in [1.165, 1.54) is 6.08 Å². The van der Waals surface area contributed by atoms with Gasteiger partial charge in [0.05, 0.1) is 5.92 Å². The Morgan fingerprint density at radius 3 is 2.69 bits per heavy atom. The van der Waals surface area contributed by atoms with Gasteiger partial charge in [-0.2, -0.15) is 0 Å². The van der Waals surface area contributed by atoms with Crippen LogP contribution in [0, 0.1) is 17.8 Å². The molecule has 0 spiro atoms. The van der Waals surface area contributed by atoms with Gasteiger partial charge in [-0.15, -0.1) is 0 Å². The average Bonchev–Trinajstić information content (AvgIpc) is 2.97. The molecule has 5 heteroatoms. The summed E-state index contributed by atoms with van der Waals surface area (Å²) >= 11 is 0. The Morgan fingerprint density at radius 2 is 2.04 bits per heavy atom. The van der Waals surface area contributed by atoms with Crippen LogP contribution in [0.4, 0.5) is 0 Å². The molecule has 140 valence electrons. The largest absolute Gasteiger partial charge is 0.461 e. The molecule has 0 saturated carbocycles. The van der Waals surface area contributed by atoms with E-state index in [0.29, 0.717) is 12.0 Å². The van der Waals surface area contributed by atoms with Gasteiger partial charge in [-0.3, -0.25) is 9.59 Å². The lowest BCUT2D eigenvalue weighted by molar-refractivity contribution is -0.147. The van der Waals surface area contributed by atoms with Gasteiger partial charge >= 0.3 is 11.9 Å². The Bertz CT molecular complexity index is 754. The van der Waals surface area contributed by atoms with Crippen LogP contribution in [0.1, 0.15) is 47.5 Å². The number of hydrogen-bond acceptors (Lipinski definition) is 5. The Kier molecular flexibility index (Phi) is 4.91. The van der Waals surface area contributed by atoms with Crippen LogP contribution in [0.5, 0.6) is 0 Å². The van der Waals surface area contributed by atoms with E-state index in [2.05, 4.69) is 0 Å². The normalized spacial score (nSPS) is 34.1. The molecule has 0 aromatic carbocycles. The molecule has 26 heavy (non-hydrogen) atoms. The summed E-state index contributed by atoms with van der Waals surface area (Å²) in [5, 5.41) is 0. The van der Waals surface area contributed by atoms with Crippen molar-refractivity contribution < 1.29 is 23.9 Å². The first-order valence-electron chi connectivity index (χ1n) is 9.25. The van der Waals surface area contributed by atoms with Gasteiger partial charge < -0.3 is 9.47 Å². The predicted molar refractivity (Wildman–Crippen MR) is 96.0 cm³/mol. The van der Waals surface area contributed by atoms with Gasteiger partial charge in [0.25, 0.3) is 0 Å². The lowest BCUT2D eigenvalue weighted by atomic mass is 9.79. The summed E-state index contributed by atoms with van der Waals surface area (Å²) in [5.41, 5.74) is 3.47. The summed E-state index contributed by atoms with van der Waals surface area (Å²) in [6, 6.07) is 0. The quantitative estimate of drug-likeness (QED) is 0.572. The first-order valence-corrected chi connectivity index (χ1v) is 9.25. The number of carbonyl (C=O) groups excluding carboxylic acids is 3. The highest BCUT2D eigenvalue weighted by Crippen LogP contribution is 2.48. The van der Waals surface area contributed by atoms with Crippen LogP contribution in [0.2, 0.25) is 0 Å². The summed E-state index contributed by atoms with van der Waals surface area (Å²) < 4.78 is 11.4. The first-order chi connectivity index (χ1) is 12.2. The molecule has 0 aromatic heterocycles. The Balaban J connectivity index is 1.98. The molecule has 1 fully saturated rings. The van der Waals surface area contributed by atoms with Crippen LogP contribution in [0.15, 0.2) is 34.4 Å². The topological polar surface area (TPSA) is 69.7 Å². The van der Waals surface area contributed by atoms with E-state index in [1.54, 1.807) is 6.08 Å². The molecule has 0 amide bonds. The molecule has 3 rings (SSSR count). The van der Waals surface area contributed by atoms with Crippen molar-refractivity contribution in [2.75, 3.05) is 0 Å². The smallest absolute Gasteiger partial charge is 0.330 e. The fourth-order valence-corrected chi connectivity index (χ4v) is 4.39. The van der Waals surface area contributed by atoms with E-state index >= 15 is 0 Å². The van der Waals surface area contributed by atoms with Gasteiger partial charge in [0.2, 0.25) is 0 Å². The minimum absolute atomic E-state index is 0.0203. The molecule has 2 aliphatic carbocycles. The van der Waals surface area contributed by atoms with Crippen molar-refractivity contribution in [1.82, 2.24) is 0 Å². The second-order valence-corrected chi connectivity index (χ2v) is 7.72. The minimum atomic E-state index is -0.478. The number of carbonyl (C=O) groups is 3. The highest BCUT2D eigenvalue weighted by Gasteiger charge is 2.55. The van der Waals surface area contributed by atoms with Crippen LogP contribution < -0.4 is 0 Å². The first kappa shape index (κ1) is 18.6. The van der Waals surface area contributed by atoms with Gasteiger partial charge in [0.15, 0.2) is 5.78 Å². The molecule has 0 aromatic rings. The zero-order chi connectivity index (χ0) is 19.2. The van der Waals surface area contributed by atoms with Gasteiger partial charge in [-0.05, 0) is 33.3 Å². The highest BCUT2D eigenvalue weighted by molar-refractivity contribution is 6.09. The summed E-state index contributed by atoms with van der Waals surface area (Å²) in [7, 11) is 0. The monoisotopic (exact) mass is 358 g/mol. The maximum absolute atomic E-state index is 12.5. The molecule has 0 N–H and O–H groups in total. The SMILES string of the molecule is CCC(C)=CC(=O)OC1CC(C)=C2C(=O)C=C(C)C2C2OC(=O)C(C)C12. The molecule has 5 atom stereocenters. The number of ether oxygens (including phenoxy) is 2. The van der Waals surface area contributed by atoms with E-state index in [9.17, 15) is 14.4 Å². The maximum Gasteiger partial charge on any atom is 0.330 e. The molecule has 5 unspecified atom stereocenters. The van der Waals surface area contributed by atoms with E-state index < -0.39 is 18.2 Å². The van der Waals surface area contributed by atoms with Crippen molar-refractivity contribution in [3.8, 4) is 0 Å². The maximum atomic E-state index is 12.5. The van der Waals surface area contributed by atoms with Crippen LogP contribution in [-0.4, -0.2) is 29.9 Å². The number of fused-ring (bicyclic) bond motifs is 3. The van der Waals surface area contributed by atoms with Gasteiger partial charge in [0, 0.05) is 29.9 Å². The van der Waals surface area contributed by atoms with Crippen molar-refractivity contribution in [3.05, 3.63) is 34.4 Å². The van der Waals surface area contributed by atoms with E-state index in [0.717, 1.165) is 23.1 Å². The Morgan fingerprint density at radius 1 is 1.35 bits per heavy atom. The summed E-state index contributed by atoms with van der Waals surface area (Å²) in [5.74, 6) is -1.56. The molecule has 3 aliphatic rings. The van der Waals surface area contributed by atoms with Crippen LogP contribution >= 0.6 is 0 Å². The number of ketones is 1. The molecule has 1 aliphatic heterocycles. The molecular weight excluding hydrogens is 332 g/mol. The standard InChI is InChI=1S/C21H26O5/c1-6-10(2)7-16(23)25-15-9-12(4)17-14(22)8-11(3)18(17)20-19(15)13(5)21(24)26-20/h7-8,13,15,18-20H,6,9H2,1-5H3. The molecule has 0 radical (unpaired) electrons. The number of rotatable bonds is 3. The Hall–Kier alpha value is -2.17. The number of allylic oxidation sites excluding steroid dienone is 2. The zero-order valence-electron chi connectivity index (χ0n) is 16.0. The van der Waals surface area contributed by atoms with Crippen molar-refractivity contribution in [1.29, 1.82) is 0 Å². The van der Waals surface area contributed by atoms with Crippen LogP contribution in [0.25, 0.3) is 0 Å². The van der Waals surface area contributed by atoms with Crippen molar-refractivity contribution in [3.63, 3.8) is 0 Å². The summed E-state index contributed by atoms with van der Waals surface area (Å²) in [4.78, 5) is 37.1. The predicted octanol–water partition coefficient (Wildman–Crippen LogP) is 3.30. The third-order valence-corrected chi connectivity index (χ3v) is 5.92. The molecule has 1 saturated heterocycles. The summed E-state index contributed by atoms with van der Waals surface area (Å²) in [6.45, 7) is 9.48. The zero-order valence-corrected chi connectivity index (χ0v) is 16.0. The number of hydrogen-bond donors (Lipinski definition) is 0. The van der Waals surface area contributed by atoms with Gasteiger partial charge in [-0.1, -0.05) is 30.6 Å². The third-order valence-electron chi connectivity index (χ3n) is 5.92. The minimum Gasteiger partial charge on any atom is -0.461 e. The van der Waals surface area contributed by atoms with Crippen molar-refractivity contribution in [2.24, 2.45) is 17.8 Å². The highest BCUT2D eigenvalue weighted by atomic mass is 16.6. The lowest BCUT2D eigenvalue weighted by Crippen LogP contribution is -2.37. The average molecular weight is 358 g/mol. The molecule has 0 bridgehead atoms. The second-order valence-electron chi connectivity index (χ2n) is 7.72. The van der Waals surface area contributed by atoms with Crippen LogP contribution in [-0.2, 0) is 23.9 Å². The van der Waals surface area contributed by atoms with E-state index in [4.69, 9.17) is 9.47 Å². The number of esters is 2. The molecule has 5 nitrogen and oxygen atoms in total. The van der Waals surface area contributed by atoms with Crippen LogP contribution in [0.3, 0.4) is 0 Å². The lowest BCUT2D eigenvalue weighted by Gasteiger charge is -2.29. The van der Waals surface area contributed by atoms with E-state index in [1.807, 2.05) is 34.6 Å². The Labute approximate surface area is 154 Å². The molecule has 1 heterocycles. The molecular formula is C21H26O5. The van der Waals surface area contributed by atoms with E-state index in [-0.39, 0.29) is 29.5 Å². The van der Waals surface area contributed by atoms with Crippen molar-refractivity contribution >= 4 is 17.7 Å².